The van der Waals surface area contributed by atoms with Gasteiger partial charge in [0.2, 0.25) is 15.9 Å². The van der Waals surface area contributed by atoms with Crippen LogP contribution in [-0.2, 0) is 26.2 Å². The zero-order valence-corrected chi connectivity index (χ0v) is 24.9. The van der Waals surface area contributed by atoms with E-state index in [1.807, 2.05) is 35.7 Å². The van der Waals surface area contributed by atoms with Gasteiger partial charge in [-0.25, -0.2) is 17.5 Å². The Labute approximate surface area is 246 Å². The molecule has 4 rings (SSSR count). The molecule has 0 bridgehead atoms. The first-order chi connectivity index (χ1) is 19.7. The maximum Gasteiger partial charge on any atom is 0.410 e. The number of nitrogens with zero attached hydrogens (tertiary/aromatic N) is 3. The second kappa shape index (κ2) is 14.6. The molecule has 1 fully saturated rings. The SMILES string of the molecule is CN(CC(CCN1CCC(N(CC(N)=O)C(=O)OCc2ccccc2)CC1)c1ccsc1)S(=O)(=O)c1ccccc1. The summed E-state index contributed by atoms with van der Waals surface area (Å²) in [5.74, 6) is -0.529. The first-order valence-electron chi connectivity index (χ1n) is 13.8. The summed E-state index contributed by atoms with van der Waals surface area (Å²) in [5.41, 5.74) is 7.47. The van der Waals surface area contributed by atoms with E-state index in [-0.39, 0.29) is 30.0 Å². The van der Waals surface area contributed by atoms with Gasteiger partial charge in [-0.15, -0.1) is 0 Å². The summed E-state index contributed by atoms with van der Waals surface area (Å²) in [6.07, 6.45) is 1.64. The van der Waals surface area contributed by atoms with Gasteiger partial charge < -0.3 is 15.4 Å². The smallest absolute Gasteiger partial charge is 0.410 e. The van der Waals surface area contributed by atoms with E-state index in [0.717, 1.165) is 37.2 Å². The second-order valence-corrected chi connectivity index (χ2v) is 13.2. The predicted octanol–water partition coefficient (Wildman–Crippen LogP) is 4.13. The summed E-state index contributed by atoms with van der Waals surface area (Å²) in [5, 5.41) is 4.10. The van der Waals surface area contributed by atoms with E-state index in [0.29, 0.717) is 19.4 Å². The van der Waals surface area contributed by atoms with Crippen LogP contribution in [0.5, 0.6) is 0 Å². The number of hydrogen-bond acceptors (Lipinski definition) is 7. The molecule has 1 atom stereocenters. The third-order valence-electron chi connectivity index (χ3n) is 7.50. The van der Waals surface area contributed by atoms with Gasteiger partial charge >= 0.3 is 6.09 Å². The van der Waals surface area contributed by atoms with Crippen molar-refractivity contribution in [1.82, 2.24) is 14.1 Å². The number of carbonyl (C=O) groups excluding carboxylic acids is 2. The van der Waals surface area contributed by atoms with Gasteiger partial charge in [-0.3, -0.25) is 9.69 Å². The quantitative estimate of drug-likeness (QED) is 0.317. The Bertz CT molecular complexity index is 1350. The molecule has 3 aromatic rings. The summed E-state index contributed by atoms with van der Waals surface area (Å²) in [6.45, 7) is 2.62. The molecule has 1 aliphatic heterocycles. The highest BCUT2D eigenvalue weighted by Gasteiger charge is 2.31. The van der Waals surface area contributed by atoms with E-state index in [2.05, 4.69) is 16.3 Å². The van der Waals surface area contributed by atoms with Crippen LogP contribution < -0.4 is 5.73 Å². The Morgan fingerprint density at radius 1 is 1.05 bits per heavy atom. The number of primary amides is 1. The number of nitrogens with two attached hydrogens (primary N) is 1. The van der Waals surface area contributed by atoms with Crippen LogP contribution in [0.4, 0.5) is 4.79 Å². The van der Waals surface area contributed by atoms with Gasteiger partial charge in [0.25, 0.3) is 0 Å². The molecule has 0 aliphatic carbocycles. The Morgan fingerprint density at radius 3 is 2.32 bits per heavy atom. The van der Waals surface area contributed by atoms with Gasteiger partial charge in [0, 0.05) is 32.7 Å². The maximum absolute atomic E-state index is 13.1. The molecule has 1 unspecified atom stereocenters. The number of hydrogen-bond donors (Lipinski definition) is 1. The fourth-order valence-electron chi connectivity index (χ4n) is 5.16. The number of carbonyl (C=O) groups is 2. The molecule has 2 heterocycles. The van der Waals surface area contributed by atoms with Crippen LogP contribution in [0.1, 0.15) is 36.3 Å². The van der Waals surface area contributed by atoms with E-state index < -0.39 is 22.0 Å². The Morgan fingerprint density at radius 2 is 1.71 bits per heavy atom. The first-order valence-corrected chi connectivity index (χ1v) is 16.1. The van der Waals surface area contributed by atoms with E-state index in [1.165, 1.54) is 9.21 Å². The zero-order chi connectivity index (χ0) is 29.2. The van der Waals surface area contributed by atoms with Gasteiger partial charge in [-0.05, 0) is 71.8 Å². The molecule has 0 radical (unpaired) electrons. The first kappa shape index (κ1) is 30.7. The van der Waals surface area contributed by atoms with Crippen molar-refractivity contribution in [3.05, 3.63) is 88.6 Å². The van der Waals surface area contributed by atoms with Crippen LogP contribution in [0.3, 0.4) is 0 Å². The van der Waals surface area contributed by atoms with Crippen molar-refractivity contribution < 1.29 is 22.7 Å². The molecule has 41 heavy (non-hydrogen) atoms. The Balaban J connectivity index is 1.32. The monoisotopic (exact) mass is 598 g/mol. The molecule has 1 saturated heterocycles. The Kier molecular flexibility index (Phi) is 10.9. The molecular formula is C30H38N4O5S2. The van der Waals surface area contributed by atoms with Gasteiger partial charge in [0.1, 0.15) is 13.2 Å². The van der Waals surface area contributed by atoms with E-state index in [1.54, 1.807) is 48.7 Å². The number of thiophene rings is 1. The number of likely N-dealkylation sites (tertiary alicyclic amines) is 1. The molecule has 11 heteroatoms. The van der Waals surface area contributed by atoms with Crippen molar-refractivity contribution in [3.8, 4) is 0 Å². The summed E-state index contributed by atoms with van der Waals surface area (Å²) in [4.78, 5) is 28.7. The van der Waals surface area contributed by atoms with Crippen LogP contribution in [-0.4, -0.2) is 80.3 Å². The minimum absolute atomic E-state index is 0.0433. The molecule has 220 valence electrons. The third kappa shape index (κ3) is 8.62. The van der Waals surface area contributed by atoms with Crippen molar-refractivity contribution in [2.45, 2.75) is 42.7 Å². The normalized spacial score (nSPS) is 15.5. The van der Waals surface area contributed by atoms with Gasteiger partial charge in [-0.2, -0.15) is 11.3 Å². The van der Waals surface area contributed by atoms with Crippen molar-refractivity contribution in [1.29, 1.82) is 0 Å². The fraction of sp³-hybridized carbons (Fsp3) is 0.400. The van der Waals surface area contributed by atoms with E-state index in [4.69, 9.17) is 10.5 Å². The average molecular weight is 599 g/mol. The maximum atomic E-state index is 13.1. The molecule has 0 saturated carbocycles. The molecule has 2 aromatic carbocycles. The van der Waals surface area contributed by atoms with Gasteiger partial charge in [0.05, 0.1) is 4.90 Å². The number of amides is 2. The third-order valence-corrected chi connectivity index (χ3v) is 10.0. The molecule has 2 N–H and O–H groups in total. The van der Waals surface area contributed by atoms with Crippen molar-refractivity contribution >= 4 is 33.4 Å². The van der Waals surface area contributed by atoms with Gasteiger partial charge in [-0.1, -0.05) is 48.5 Å². The number of piperidine rings is 1. The minimum Gasteiger partial charge on any atom is -0.445 e. The van der Waals surface area contributed by atoms with Crippen LogP contribution in [0, 0.1) is 0 Å². The topological polar surface area (TPSA) is 113 Å². The highest BCUT2D eigenvalue weighted by Crippen LogP contribution is 2.27. The largest absolute Gasteiger partial charge is 0.445 e. The Hall–Kier alpha value is -3.25. The number of ether oxygens (including phenoxy) is 1. The van der Waals surface area contributed by atoms with E-state index >= 15 is 0 Å². The highest BCUT2D eigenvalue weighted by molar-refractivity contribution is 7.89. The standard InChI is InChI=1S/C30H38N4O5S2/c1-32(41(37,38)28-10-6-3-7-11-28)20-25(26-15-19-40-23-26)12-16-33-17-13-27(14-18-33)34(21-29(31)35)30(36)39-22-24-8-4-2-5-9-24/h2-11,15,19,23,25,27H,12-14,16-18,20-22H2,1H3,(H2,31,35). The van der Waals surface area contributed by atoms with Gasteiger partial charge in [0.15, 0.2) is 0 Å². The number of sulfonamides is 1. The molecule has 1 aliphatic rings. The van der Waals surface area contributed by atoms with Crippen LogP contribution in [0.15, 0.2) is 82.4 Å². The molecule has 2 amide bonds. The predicted molar refractivity (Wildman–Crippen MR) is 160 cm³/mol. The lowest BCUT2D eigenvalue weighted by atomic mass is 9.97. The minimum atomic E-state index is -3.59. The number of likely N-dealkylation sites (N-methyl/N-ethyl adjacent to an activating group) is 1. The molecule has 0 spiro atoms. The average Bonchev–Trinajstić information content (AvgIpc) is 3.53. The van der Waals surface area contributed by atoms with Crippen LogP contribution in [0.25, 0.3) is 0 Å². The van der Waals surface area contributed by atoms with Crippen molar-refractivity contribution in [3.63, 3.8) is 0 Å². The number of rotatable bonds is 13. The molecular weight excluding hydrogens is 560 g/mol. The van der Waals surface area contributed by atoms with Crippen molar-refractivity contribution in [2.75, 3.05) is 39.8 Å². The van der Waals surface area contributed by atoms with E-state index in [9.17, 15) is 18.0 Å². The summed E-state index contributed by atoms with van der Waals surface area (Å²) >= 11 is 1.61. The number of benzene rings is 2. The lowest BCUT2D eigenvalue weighted by molar-refractivity contribution is -0.119. The zero-order valence-electron chi connectivity index (χ0n) is 23.3. The highest BCUT2D eigenvalue weighted by atomic mass is 32.2. The fourth-order valence-corrected chi connectivity index (χ4v) is 7.14. The second-order valence-electron chi connectivity index (χ2n) is 10.3. The van der Waals surface area contributed by atoms with Crippen LogP contribution in [0.2, 0.25) is 0 Å². The molecule has 1 aromatic heterocycles. The van der Waals surface area contributed by atoms with Crippen molar-refractivity contribution in [2.24, 2.45) is 5.73 Å². The lowest BCUT2D eigenvalue weighted by Crippen LogP contribution is -2.50. The summed E-state index contributed by atoms with van der Waals surface area (Å²) in [6, 6.07) is 19.8. The summed E-state index contributed by atoms with van der Waals surface area (Å²) < 4.78 is 33.2. The molecule has 9 nitrogen and oxygen atoms in total. The lowest BCUT2D eigenvalue weighted by Gasteiger charge is -2.38. The van der Waals surface area contributed by atoms with Crippen LogP contribution >= 0.6 is 11.3 Å². The summed E-state index contributed by atoms with van der Waals surface area (Å²) in [7, 11) is -1.95.